The fourth-order valence-corrected chi connectivity index (χ4v) is 3.03. The molecule has 0 N–H and O–H groups in total. The number of likely N-dealkylation sites (tertiary alicyclic amines) is 2. The minimum Gasteiger partial charge on any atom is -0.306 e. The molecule has 13 heavy (non-hydrogen) atoms. The Morgan fingerprint density at radius 1 is 1.23 bits per heavy atom. The van der Waals surface area contributed by atoms with Gasteiger partial charge in [-0.15, -0.1) is 0 Å². The lowest BCUT2D eigenvalue weighted by Crippen LogP contribution is -2.44. The second-order valence-electron chi connectivity index (χ2n) is 4.70. The zero-order valence-corrected chi connectivity index (χ0v) is 9.00. The maximum Gasteiger partial charge on any atom is 0.0148 e. The maximum absolute atomic E-state index is 2.72. The van der Waals surface area contributed by atoms with Crippen molar-refractivity contribution < 1.29 is 0 Å². The van der Waals surface area contributed by atoms with Crippen molar-refractivity contribution in [3.05, 3.63) is 0 Å². The van der Waals surface area contributed by atoms with Crippen LogP contribution in [0.1, 0.15) is 26.2 Å². The van der Waals surface area contributed by atoms with Crippen LogP contribution < -0.4 is 0 Å². The number of piperidine rings is 1. The molecular weight excluding hydrogens is 160 g/mol. The summed E-state index contributed by atoms with van der Waals surface area (Å²) >= 11 is 0. The van der Waals surface area contributed by atoms with Gasteiger partial charge in [0.25, 0.3) is 0 Å². The molecule has 0 aromatic carbocycles. The summed E-state index contributed by atoms with van der Waals surface area (Å²) in [5.74, 6) is 0.977. The first-order valence-electron chi connectivity index (χ1n) is 5.74. The predicted molar refractivity (Wildman–Crippen MR) is 55.9 cm³/mol. The summed E-state index contributed by atoms with van der Waals surface area (Å²) in [7, 11) is 2.26. The van der Waals surface area contributed by atoms with E-state index in [1.165, 1.54) is 45.4 Å². The third kappa shape index (κ3) is 1.89. The molecule has 2 aliphatic heterocycles. The maximum atomic E-state index is 2.72. The van der Waals surface area contributed by atoms with Crippen molar-refractivity contribution >= 4 is 0 Å². The Balaban J connectivity index is 1.92. The SMILES string of the molecule is CCCN1CCC2CN(C)CCC21. The lowest BCUT2D eigenvalue weighted by molar-refractivity contribution is 0.129. The molecule has 2 heterocycles. The summed E-state index contributed by atoms with van der Waals surface area (Å²) in [5, 5.41) is 0. The topological polar surface area (TPSA) is 6.48 Å². The molecular formula is C11H22N2. The van der Waals surface area contributed by atoms with E-state index in [0.717, 1.165) is 12.0 Å². The first kappa shape index (κ1) is 9.47. The van der Waals surface area contributed by atoms with E-state index in [2.05, 4.69) is 23.8 Å². The van der Waals surface area contributed by atoms with E-state index in [0.29, 0.717) is 0 Å². The second-order valence-corrected chi connectivity index (χ2v) is 4.70. The van der Waals surface area contributed by atoms with Crippen LogP contribution in [0.15, 0.2) is 0 Å². The van der Waals surface area contributed by atoms with Gasteiger partial charge in [-0.1, -0.05) is 6.92 Å². The van der Waals surface area contributed by atoms with Gasteiger partial charge in [0.15, 0.2) is 0 Å². The van der Waals surface area contributed by atoms with Crippen molar-refractivity contribution in [3.8, 4) is 0 Å². The van der Waals surface area contributed by atoms with Crippen molar-refractivity contribution in [2.75, 3.05) is 33.2 Å². The summed E-state index contributed by atoms with van der Waals surface area (Å²) in [4.78, 5) is 5.22. The van der Waals surface area contributed by atoms with Crippen LogP contribution in [0.3, 0.4) is 0 Å². The van der Waals surface area contributed by atoms with Crippen LogP contribution in [0.2, 0.25) is 0 Å². The van der Waals surface area contributed by atoms with Crippen LogP contribution in [0.4, 0.5) is 0 Å². The van der Waals surface area contributed by atoms with Crippen LogP contribution in [-0.4, -0.2) is 49.1 Å². The van der Waals surface area contributed by atoms with Crippen molar-refractivity contribution in [2.45, 2.75) is 32.2 Å². The summed E-state index contributed by atoms with van der Waals surface area (Å²) in [6, 6.07) is 0.927. The average Bonchev–Trinajstić information content (AvgIpc) is 2.49. The Morgan fingerprint density at radius 2 is 2.08 bits per heavy atom. The second kappa shape index (κ2) is 3.97. The van der Waals surface area contributed by atoms with Gasteiger partial charge in [-0.2, -0.15) is 0 Å². The van der Waals surface area contributed by atoms with Crippen molar-refractivity contribution in [2.24, 2.45) is 5.92 Å². The minimum absolute atomic E-state index is 0.927. The Morgan fingerprint density at radius 3 is 2.85 bits per heavy atom. The molecule has 2 aliphatic rings. The number of hydrogen-bond donors (Lipinski definition) is 0. The summed E-state index contributed by atoms with van der Waals surface area (Å²) in [5.41, 5.74) is 0. The Hall–Kier alpha value is -0.0800. The van der Waals surface area contributed by atoms with Crippen LogP contribution in [-0.2, 0) is 0 Å². The molecule has 0 aliphatic carbocycles. The van der Waals surface area contributed by atoms with Gasteiger partial charge in [0.1, 0.15) is 0 Å². The highest BCUT2D eigenvalue weighted by Gasteiger charge is 2.36. The molecule has 0 aromatic heterocycles. The molecule has 0 saturated carbocycles. The molecule has 0 aromatic rings. The highest BCUT2D eigenvalue weighted by Crippen LogP contribution is 2.30. The third-order valence-electron chi connectivity index (χ3n) is 3.66. The normalized spacial score (nSPS) is 36.5. The Bertz CT molecular complexity index is 163. The fourth-order valence-electron chi connectivity index (χ4n) is 3.03. The summed E-state index contributed by atoms with van der Waals surface area (Å²) < 4.78 is 0. The van der Waals surface area contributed by atoms with Gasteiger partial charge in [-0.3, -0.25) is 0 Å². The highest BCUT2D eigenvalue weighted by molar-refractivity contribution is 4.91. The van der Waals surface area contributed by atoms with E-state index in [4.69, 9.17) is 0 Å². The quantitative estimate of drug-likeness (QED) is 0.637. The Kier molecular flexibility index (Phi) is 2.89. The highest BCUT2D eigenvalue weighted by atomic mass is 15.2. The smallest absolute Gasteiger partial charge is 0.0148 e. The van der Waals surface area contributed by atoms with Gasteiger partial charge in [0.2, 0.25) is 0 Å². The molecule has 0 spiro atoms. The van der Waals surface area contributed by atoms with Crippen LogP contribution in [0, 0.1) is 5.92 Å². The number of fused-ring (bicyclic) bond motifs is 1. The van der Waals surface area contributed by atoms with E-state index in [1.807, 2.05) is 0 Å². The predicted octanol–water partition coefficient (Wildman–Crippen LogP) is 1.42. The van der Waals surface area contributed by atoms with Gasteiger partial charge in [-0.25, -0.2) is 0 Å². The lowest BCUT2D eigenvalue weighted by Gasteiger charge is -2.36. The van der Waals surface area contributed by atoms with Crippen molar-refractivity contribution in [1.82, 2.24) is 9.80 Å². The number of hydrogen-bond acceptors (Lipinski definition) is 2. The van der Waals surface area contributed by atoms with Gasteiger partial charge >= 0.3 is 0 Å². The largest absolute Gasteiger partial charge is 0.306 e. The molecule has 0 radical (unpaired) electrons. The molecule has 2 rings (SSSR count). The fraction of sp³-hybridized carbons (Fsp3) is 1.00. The van der Waals surface area contributed by atoms with Gasteiger partial charge in [0.05, 0.1) is 0 Å². The molecule has 2 saturated heterocycles. The zero-order valence-electron chi connectivity index (χ0n) is 9.00. The van der Waals surface area contributed by atoms with E-state index in [-0.39, 0.29) is 0 Å². The van der Waals surface area contributed by atoms with Gasteiger partial charge < -0.3 is 9.80 Å². The van der Waals surface area contributed by atoms with E-state index in [9.17, 15) is 0 Å². The van der Waals surface area contributed by atoms with Crippen LogP contribution in [0.5, 0.6) is 0 Å². The first-order valence-corrected chi connectivity index (χ1v) is 5.74. The van der Waals surface area contributed by atoms with Crippen LogP contribution >= 0.6 is 0 Å². The van der Waals surface area contributed by atoms with Crippen molar-refractivity contribution in [3.63, 3.8) is 0 Å². The van der Waals surface area contributed by atoms with E-state index < -0.39 is 0 Å². The average molecular weight is 182 g/mol. The molecule has 2 heteroatoms. The van der Waals surface area contributed by atoms with Crippen LogP contribution in [0.25, 0.3) is 0 Å². The standard InChI is InChI=1S/C11H22N2/c1-3-6-13-8-4-10-9-12(2)7-5-11(10)13/h10-11H,3-9H2,1-2H3. The minimum atomic E-state index is 0.927. The first-order chi connectivity index (χ1) is 6.31. The van der Waals surface area contributed by atoms with E-state index in [1.54, 1.807) is 0 Å². The summed E-state index contributed by atoms with van der Waals surface area (Å²) in [6.45, 7) is 7.62. The Labute approximate surface area is 81.9 Å². The molecule has 2 atom stereocenters. The van der Waals surface area contributed by atoms with Gasteiger partial charge in [-0.05, 0) is 51.9 Å². The zero-order chi connectivity index (χ0) is 9.26. The molecule has 76 valence electrons. The monoisotopic (exact) mass is 182 g/mol. The van der Waals surface area contributed by atoms with Gasteiger partial charge in [0, 0.05) is 12.6 Å². The lowest BCUT2D eigenvalue weighted by atomic mass is 9.93. The molecule has 0 bridgehead atoms. The number of rotatable bonds is 2. The van der Waals surface area contributed by atoms with Crippen molar-refractivity contribution in [1.29, 1.82) is 0 Å². The molecule has 2 unspecified atom stereocenters. The molecule has 0 amide bonds. The third-order valence-corrected chi connectivity index (χ3v) is 3.66. The molecule has 2 nitrogen and oxygen atoms in total. The van der Waals surface area contributed by atoms with E-state index >= 15 is 0 Å². The molecule has 2 fully saturated rings. The number of nitrogens with zero attached hydrogens (tertiary/aromatic N) is 2. The summed E-state index contributed by atoms with van der Waals surface area (Å²) in [6.07, 6.45) is 4.16.